The summed E-state index contributed by atoms with van der Waals surface area (Å²) in [6, 6.07) is 19.2. The first-order valence-electron chi connectivity index (χ1n) is 11.6. The molecule has 0 unspecified atom stereocenters. The molecule has 0 spiro atoms. The van der Waals surface area contributed by atoms with Gasteiger partial charge in [0.05, 0.1) is 10.7 Å². The van der Waals surface area contributed by atoms with Crippen LogP contribution in [-0.4, -0.2) is 17.5 Å². The lowest BCUT2D eigenvalue weighted by Gasteiger charge is -2.11. The Morgan fingerprint density at radius 2 is 1.76 bits per heavy atom. The van der Waals surface area contributed by atoms with Crippen LogP contribution in [0.1, 0.15) is 57.1 Å². The maximum Gasteiger partial charge on any atom is 0.262 e. The van der Waals surface area contributed by atoms with Crippen molar-refractivity contribution >= 4 is 34.3 Å². The van der Waals surface area contributed by atoms with Crippen molar-refractivity contribution in [2.24, 2.45) is 0 Å². The fraction of sp³-hybridized carbons (Fsp3) is 0.286. The van der Waals surface area contributed by atoms with Crippen LogP contribution < -0.4 is 10.1 Å². The van der Waals surface area contributed by atoms with Crippen molar-refractivity contribution in [1.29, 1.82) is 0 Å². The first-order chi connectivity index (χ1) is 16.3. The molecule has 1 aromatic heterocycles. The van der Waals surface area contributed by atoms with Crippen LogP contribution in [0.15, 0.2) is 65.1 Å². The zero-order chi connectivity index (χ0) is 24.2. The van der Waals surface area contributed by atoms with Crippen LogP contribution in [0.25, 0.3) is 22.6 Å². The molecule has 4 aromatic rings. The second-order valence-corrected chi connectivity index (χ2v) is 9.22. The Hall–Kier alpha value is -3.31. The molecule has 0 saturated heterocycles. The van der Waals surface area contributed by atoms with Gasteiger partial charge in [-0.1, -0.05) is 57.5 Å². The summed E-state index contributed by atoms with van der Waals surface area (Å²) in [5, 5.41) is 3.25. The number of hydrogen-bond acceptors (Lipinski definition) is 4. The van der Waals surface area contributed by atoms with Gasteiger partial charge in [0.1, 0.15) is 11.3 Å². The number of benzene rings is 3. The molecule has 3 aromatic carbocycles. The Morgan fingerprint density at radius 1 is 1.03 bits per heavy atom. The van der Waals surface area contributed by atoms with E-state index in [1.807, 2.05) is 48.5 Å². The summed E-state index contributed by atoms with van der Waals surface area (Å²) in [5.41, 5.74) is 5.17. The van der Waals surface area contributed by atoms with E-state index in [1.165, 1.54) is 11.1 Å². The van der Waals surface area contributed by atoms with E-state index in [4.69, 9.17) is 20.8 Å². The Morgan fingerprint density at radius 3 is 2.47 bits per heavy atom. The van der Waals surface area contributed by atoms with E-state index in [9.17, 15) is 4.79 Å². The van der Waals surface area contributed by atoms with E-state index in [2.05, 4.69) is 38.0 Å². The summed E-state index contributed by atoms with van der Waals surface area (Å²) in [4.78, 5) is 17.1. The van der Waals surface area contributed by atoms with E-state index in [0.717, 1.165) is 17.5 Å². The van der Waals surface area contributed by atoms with Crippen LogP contribution in [0.2, 0.25) is 5.02 Å². The van der Waals surface area contributed by atoms with Gasteiger partial charge in [-0.15, -0.1) is 0 Å². The van der Waals surface area contributed by atoms with Crippen molar-refractivity contribution in [3.05, 3.63) is 76.8 Å². The molecule has 1 atom stereocenters. The fourth-order valence-electron chi connectivity index (χ4n) is 3.64. The molecule has 1 N–H and O–H groups in total. The third kappa shape index (κ3) is 5.42. The largest absolute Gasteiger partial charge is 0.484 e. The van der Waals surface area contributed by atoms with Gasteiger partial charge in [-0.05, 0) is 71.8 Å². The summed E-state index contributed by atoms with van der Waals surface area (Å²) in [5.74, 6) is 1.71. The number of rotatable bonds is 8. The first-order valence-corrected chi connectivity index (χ1v) is 11.9. The monoisotopic (exact) mass is 476 g/mol. The number of anilines is 1. The lowest BCUT2D eigenvalue weighted by molar-refractivity contribution is -0.118. The van der Waals surface area contributed by atoms with Crippen LogP contribution in [0.4, 0.5) is 5.69 Å². The molecular formula is C28H29ClN2O3. The minimum atomic E-state index is -0.302. The number of nitrogens with zero attached hydrogens (tertiary/aromatic N) is 1. The maximum absolute atomic E-state index is 12.5. The molecule has 1 heterocycles. The van der Waals surface area contributed by atoms with Gasteiger partial charge in [-0.3, -0.25) is 4.79 Å². The molecule has 6 heteroatoms. The van der Waals surface area contributed by atoms with Gasteiger partial charge in [0.25, 0.3) is 5.91 Å². The first kappa shape index (κ1) is 23.8. The van der Waals surface area contributed by atoms with Gasteiger partial charge in [0.15, 0.2) is 12.2 Å². The number of fused-ring (bicyclic) bond motifs is 1. The standard InChI is InChI=1S/C28H29ClN2O3/c1-5-18(4)19-6-10-22(11-7-19)33-16-27(32)30-24-15-21(8-12-23(24)29)28-31-25-14-20(17(2)3)9-13-26(25)34-28/h6-15,17-18H,5,16H2,1-4H3,(H,30,32)/t18-/m1/s1. The smallest absolute Gasteiger partial charge is 0.262 e. The second kappa shape index (κ2) is 10.3. The van der Waals surface area contributed by atoms with Crippen LogP contribution in [-0.2, 0) is 4.79 Å². The second-order valence-electron chi connectivity index (χ2n) is 8.81. The molecule has 0 aliphatic heterocycles. The third-order valence-corrected chi connectivity index (χ3v) is 6.33. The minimum Gasteiger partial charge on any atom is -0.484 e. The molecule has 0 aliphatic rings. The summed E-state index contributed by atoms with van der Waals surface area (Å²) in [7, 11) is 0. The predicted octanol–water partition coefficient (Wildman–Crippen LogP) is 7.80. The Kier molecular flexibility index (Phi) is 7.23. The quantitative estimate of drug-likeness (QED) is 0.281. The number of carbonyl (C=O) groups excluding carboxylic acids is 1. The molecule has 0 aliphatic carbocycles. The number of oxazole rings is 1. The number of hydrogen-bond donors (Lipinski definition) is 1. The predicted molar refractivity (Wildman–Crippen MR) is 138 cm³/mol. The zero-order valence-corrected chi connectivity index (χ0v) is 20.6. The highest BCUT2D eigenvalue weighted by Gasteiger charge is 2.14. The zero-order valence-electron chi connectivity index (χ0n) is 19.9. The van der Waals surface area contributed by atoms with Gasteiger partial charge in [0, 0.05) is 5.56 Å². The van der Waals surface area contributed by atoms with E-state index < -0.39 is 0 Å². The Labute approximate surface area is 205 Å². The molecular weight excluding hydrogens is 448 g/mol. The average Bonchev–Trinajstić information content (AvgIpc) is 3.27. The number of halogens is 1. The molecule has 34 heavy (non-hydrogen) atoms. The van der Waals surface area contributed by atoms with Gasteiger partial charge in [0.2, 0.25) is 5.89 Å². The van der Waals surface area contributed by atoms with Gasteiger partial charge in [-0.25, -0.2) is 4.98 Å². The minimum absolute atomic E-state index is 0.121. The third-order valence-electron chi connectivity index (χ3n) is 6.00. The summed E-state index contributed by atoms with van der Waals surface area (Å²) in [6.45, 7) is 8.51. The molecule has 0 radical (unpaired) electrons. The van der Waals surface area contributed by atoms with Crippen molar-refractivity contribution < 1.29 is 13.9 Å². The number of carbonyl (C=O) groups is 1. The normalized spacial score (nSPS) is 12.2. The van der Waals surface area contributed by atoms with Crippen molar-refractivity contribution in [3.63, 3.8) is 0 Å². The highest BCUT2D eigenvalue weighted by Crippen LogP contribution is 2.31. The topological polar surface area (TPSA) is 64.4 Å². The maximum atomic E-state index is 12.5. The number of nitrogens with one attached hydrogen (secondary N) is 1. The van der Waals surface area contributed by atoms with Gasteiger partial charge < -0.3 is 14.5 Å². The average molecular weight is 477 g/mol. The van der Waals surface area contributed by atoms with Crippen molar-refractivity contribution in [3.8, 4) is 17.2 Å². The molecule has 0 saturated carbocycles. The fourth-order valence-corrected chi connectivity index (χ4v) is 3.81. The van der Waals surface area contributed by atoms with Crippen LogP contribution in [0.5, 0.6) is 5.75 Å². The number of ether oxygens (including phenoxy) is 1. The molecule has 4 rings (SSSR count). The lowest BCUT2D eigenvalue weighted by Crippen LogP contribution is -2.20. The van der Waals surface area contributed by atoms with Crippen molar-refractivity contribution in [2.75, 3.05) is 11.9 Å². The highest BCUT2D eigenvalue weighted by atomic mass is 35.5. The molecule has 0 bridgehead atoms. The van der Waals surface area contributed by atoms with Crippen LogP contribution in [0, 0.1) is 0 Å². The SMILES string of the molecule is CC[C@@H](C)c1ccc(OCC(=O)Nc2cc(-c3nc4cc(C(C)C)ccc4o3)ccc2Cl)cc1. The Balaban J connectivity index is 1.45. The highest BCUT2D eigenvalue weighted by molar-refractivity contribution is 6.33. The van der Waals surface area contributed by atoms with Crippen LogP contribution in [0.3, 0.4) is 0 Å². The van der Waals surface area contributed by atoms with E-state index in [0.29, 0.717) is 39.8 Å². The summed E-state index contributed by atoms with van der Waals surface area (Å²) < 4.78 is 11.6. The molecule has 5 nitrogen and oxygen atoms in total. The summed E-state index contributed by atoms with van der Waals surface area (Å²) >= 11 is 6.33. The lowest BCUT2D eigenvalue weighted by atomic mass is 9.99. The van der Waals surface area contributed by atoms with E-state index in [1.54, 1.807) is 12.1 Å². The molecule has 176 valence electrons. The van der Waals surface area contributed by atoms with Gasteiger partial charge >= 0.3 is 0 Å². The molecule has 1 amide bonds. The Bertz CT molecular complexity index is 1300. The molecule has 0 fully saturated rings. The van der Waals surface area contributed by atoms with E-state index >= 15 is 0 Å². The van der Waals surface area contributed by atoms with Crippen molar-refractivity contribution in [2.45, 2.75) is 46.0 Å². The van der Waals surface area contributed by atoms with Gasteiger partial charge in [-0.2, -0.15) is 0 Å². The van der Waals surface area contributed by atoms with E-state index in [-0.39, 0.29) is 12.5 Å². The number of amides is 1. The van der Waals surface area contributed by atoms with Crippen molar-refractivity contribution in [1.82, 2.24) is 4.98 Å². The van der Waals surface area contributed by atoms with Crippen LogP contribution >= 0.6 is 11.6 Å². The number of aromatic nitrogens is 1. The summed E-state index contributed by atoms with van der Waals surface area (Å²) in [6.07, 6.45) is 1.07.